The number of aromatic nitrogens is 1. The number of fused-ring (bicyclic) bond motifs is 2. The van der Waals surface area contributed by atoms with Gasteiger partial charge in [0.15, 0.2) is 11.4 Å². The number of carboxylic acids is 1. The van der Waals surface area contributed by atoms with E-state index in [0.29, 0.717) is 13.1 Å². The first-order valence-corrected chi connectivity index (χ1v) is 8.54. The topological polar surface area (TPSA) is 88.8 Å². The SMILES string of the molecule is O=C(O)c1cn2c(c(OCc3ccccc3)c1=O)C(=O)N1CCC[C@@H]1C2. The van der Waals surface area contributed by atoms with Crippen molar-refractivity contribution in [2.75, 3.05) is 6.54 Å². The van der Waals surface area contributed by atoms with E-state index in [9.17, 15) is 19.5 Å². The van der Waals surface area contributed by atoms with Crippen molar-refractivity contribution in [3.63, 3.8) is 0 Å². The monoisotopic (exact) mass is 354 g/mol. The Morgan fingerprint density at radius 2 is 2.00 bits per heavy atom. The summed E-state index contributed by atoms with van der Waals surface area (Å²) < 4.78 is 7.26. The number of ether oxygens (including phenoxy) is 1. The van der Waals surface area contributed by atoms with Crippen LogP contribution in [0.4, 0.5) is 0 Å². The standard InChI is InChI=1S/C19H18N2O5/c22-16-14(19(24)25)10-20-9-13-7-4-8-21(13)18(23)15(20)17(16)26-11-12-5-2-1-3-6-12/h1-3,5-6,10,13H,4,7-9,11H2,(H,24,25)/t13-/m1/s1. The fraction of sp³-hybridized carbons (Fsp3) is 0.316. The molecule has 134 valence electrons. The van der Waals surface area contributed by atoms with E-state index < -0.39 is 11.4 Å². The van der Waals surface area contributed by atoms with E-state index in [1.54, 1.807) is 9.47 Å². The van der Waals surface area contributed by atoms with Crippen LogP contribution in [0.15, 0.2) is 41.3 Å². The van der Waals surface area contributed by atoms with E-state index in [4.69, 9.17) is 4.74 Å². The molecule has 2 aliphatic heterocycles. The number of amides is 1. The van der Waals surface area contributed by atoms with Crippen LogP contribution in [0, 0.1) is 0 Å². The van der Waals surface area contributed by atoms with Crippen LogP contribution in [0.5, 0.6) is 5.75 Å². The first kappa shape index (κ1) is 16.4. The maximum absolute atomic E-state index is 12.9. The van der Waals surface area contributed by atoms with Crippen LogP contribution in [0.2, 0.25) is 0 Å². The minimum atomic E-state index is -1.32. The molecular weight excluding hydrogens is 336 g/mol. The number of hydrogen-bond acceptors (Lipinski definition) is 4. The van der Waals surface area contributed by atoms with E-state index in [1.807, 2.05) is 30.3 Å². The highest BCUT2D eigenvalue weighted by atomic mass is 16.5. The van der Waals surface area contributed by atoms with Gasteiger partial charge in [-0.25, -0.2) is 4.79 Å². The molecule has 1 N–H and O–H groups in total. The average Bonchev–Trinajstić information content (AvgIpc) is 3.10. The van der Waals surface area contributed by atoms with Crippen molar-refractivity contribution in [1.82, 2.24) is 9.47 Å². The Kier molecular flexibility index (Phi) is 3.99. The summed E-state index contributed by atoms with van der Waals surface area (Å²) in [5.41, 5.74) is -0.162. The molecule has 0 aliphatic carbocycles. The summed E-state index contributed by atoms with van der Waals surface area (Å²) in [6.45, 7) is 1.21. The Hall–Kier alpha value is -3.09. The molecule has 0 saturated carbocycles. The van der Waals surface area contributed by atoms with Gasteiger partial charge in [-0.2, -0.15) is 0 Å². The molecular formula is C19H18N2O5. The second-order valence-electron chi connectivity index (χ2n) is 6.58. The van der Waals surface area contributed by atoms with Crippen LogP contribution in [0.25, 0.3) is 0 Å². The van der Waals surface area contributed by atoms with Crippen molar-refractivity contribution in [2.24, 2.45) is 0 Å². The minimum Gasteiger partial charge on any atom is -0.483 e. The summed E-state index contributed by atoms with van der Waals surface area (Å²) in [7, 11) is 0. The van der Waals surface area contributed by atoms with Gasteiger partial charge in [0.25, 0.3) is 5.91 Å². The highest BCUT2D eigenvalue weighted by Gasteiger charge is 2.39. The van der Waals surface area contributed by atoms with Gasteiger partial charge < -0.3 is 19.3 Å². The van der Waals surface area contributed by atoms with Crippen LogP contribution in [-0.2, 0) is 13.2 Å². The zero-order valence-corrected chi connectivity index (χ0v) is 14.1. The fourth-order valence-electron chi connectivity index (χ4n) is 3.68. The van der Waals surface area contributed by atoms with Gasteiger partial charge in [-0.05, 0) is 18.4 Å². The Labute approximate surface area is 149 Å². The molecule has 0 bridgehead atoms. The lowest BCUT2D eigenvalue weighted by Gasteiger charge is -2.33. The lowest BCUT2D eigenvalue weighted by molar-refractivity contribution is 0.0642. The van der Waals surface area contributed by atoms with E-state index in [-0.39, 0.29) is 35.6 Å². The molecule has 4 rings (SSSR count). The van der Waals surface area contributed by atoms with E-state index in [2.05, 4.69) is 0 Å². The number of benzene rings is 1. The lowest BCUT2D eigenvalue weighted by Crippen LogP contribution is -2.46. The van der Waals surface area contributed by atoms with E-state index in [1.165, 1.54) is 6.20 Å². The predicted molar refractivity (Wildman–Crippen MR) is 92.5 cm³/mol. The molecule has 0 spiro atoms. The summed E-state index contributed by atoms with van der Waals surface area (Å²) >= 11 is 0. The van der Waals surface area contributed by atoms with Crippen LogP contribution < -0.4 is 10.2 Å². The molecule has 2 aliphatic rings. The Bertz CT molecular complexity index is 935. The Balaban J connectivity index is 1.80. The van der Waals surface area contributed by atoms with Gasteiger partial charge in [-0.15, -0.1) is 0 Å². The number of carboxylic acid groups (broad SMARTS) is 1. The zero-order valence-electron chi connectivity index (χ0n) is 14.1. The number of carbonyl (C=O) groups is 2. The summed E-state index contributed by atoms with van der Waals surface area (Å²) in [6.07, 6.45) is 3.05. The van der Waals surface area contributed by atoms with Gasteiger partial charge in [-0.3, -0.25) is 9.59 Å². The summed E-state index contributed by atoms with van der Waals surface area (Å²) in [5, 5.41) is 9.37. The first-order chi connectivity index (χ1) is 12.6. The molecule has 2 aromatic rings. The molecule has 1 fully saturated rings. The number of hydrogen-bond donors (Lipinski definition) is 1. The van der Waals surface area contributed by atoms with Crippen molar-refractivity contribution in [3.05, 3.63) is 63.6 Å². The number of pyridine rings is 1. The van der Waals surface area contributed by atoms with Gasteiger partial charge in [0.05, 0.1) is 6.04 Å². The number of aromatic carboxylic acids is 1. The van der Waals surface area contributed by atoms with Gasteiger partial charge in [-0.1, -0.05) is 30.3 Å². The molecule has 26 heavy (non-hydrogen) atoms. The second kappa shape index (κ2) is 6.33. The lowest BCUT2D eigenvalue weighted by atomic mass is 10.1. The molecule has 0 radical (unpaired) electrons. The third-order valence-corrected chi connectivity index (χ3v) is 4.94. The van der Waals surface area contributed by atoms with Crippen LogP contribution in [0.1, 0.15) is 39.3 Å². The third kappa shape index (κ3) is 2.65. The van der Waals surface area contributed by atoms with Crippen molar-refractivity contribution < 1.29 is 19.4 Å². The van der Waals surface area contributed by atoms with Gasteiger partial charge in [0.1, 0.15) is 12.2 Å². The second-order valence-corrected chi connectivity index (χ2v) is 6.58. The van der Waals surface area contributed by atoms with Crippen LogP contribution in [-0.4, -0.2) is 39.0 Å². The number of rotatable bonds is 4. The Morgan fingerprint density at radius 3 is 2.73 bits per heavy atom. The highest BCUT2D eigenvalue weighted by molar-refractivity contribution is 5.98. The maximum atomic E-state index is 12.9. The molecule has 7 heteroatoms. The van der Waals surface area contributed by atoms with E-state index in [0.717, 1.165) is 18.4 Å². The molecule has 3 heterocycles. The van der Waals surface area contributed by atoms with Crippen molar-refractivity contribution in [1.29, 1.82) is 0 Å². The van der Waals surface area contributed by atoms with Gasteiger partial charge in [0.2, 0.25) is 5.43 Å². The Morgan fingerprint density at radius 1 is 1.23 bits per heavy atom. The molecule has 0 unspecified atom stereocenters. The molecule has 1 aromatic carbocycles. The number of nitrogens with zero attached hydrogens (tertiary/aromatic N) is 2. The van der Waals surface area contributed by atoms with Crippen LogP contribution in [0.3, 0.4) is 0 Å². The van der Waals surface area contributed by atoms with Crippen molar-refractivity contribution in [2.45, 2.75) is 32.0 Å². The molecule has 1 atom stereocenters. The first-order valence-electron chi connectivity index (χ1n) is 8.54. The summed E-state index contributed by atoms with van der Waals surface area (Å²) in [5.74, 6) is -1.77. The van der Waals surface area contributed by atoms with Gasteiger partial charge >= 0.3 is 5.97 Å². The maximum Gasteiger partial charge on any atom is 0.341 e. The minimum absolute atomic E-state index is 0.0427. The highest BCUT2D eigenvalue weighted by Crippen LogP contribution is 2.30. The smallest absolute Gasteiger partial charge is 0.341 e. The number of carbonyl (C=O) groups excluding carboxylic acids is 1. The largest absolute Gasteiger partial charge is 0.483 e. The van der Waals surface area contributed by atoms with Gasteiger partial charge in [0, 0.05) is 19.3 Å². The fourth-order valence-corrected chi connectivity index (χ4v) is 3.68. The quantitative estimate of drug-likeness (QED) is 0.903. The van der Waals surface area contributed by atoms with E-state index >= 15 is 0 Å². The summed E-state index contributed by atoms with van der Waals surface area (Å²) in [6, 6.07) is 9.26. The molecule has 1 aromatic heterocycles. The van der Waals surface area contributed by atoms with Crippen molar-refractivity contribution in [3.8, 4) is 5.75 Å². The third-order valence-electron chi connectivity index (χ3n) is 4.94. The normalized spacial score (nSPS) is 18.4. The van der Waals surface area contributed by atoms with Crippen molar-refractivity contribution >= 4 is 11.9 Å². The average molecular weight is 354 g/mol. The molecule has 1 saturated heterocycles. The summed E-state index contributed by atoms with van der Waals surface area (Å²) in [4.78, 5) is 38.8. The molecule has 1 amide bonds. The van der Waals surface area contributed by atoms with Crippen LogP contribution >= 0.6 is 0 Å². The predicted octanol–water partition coefficient (Wildman–Crippen LogP) is 1.74. The molecule has 7 nitrogen and oxygen atoms in total. The zero-order chi connectivity index (χ0) is 18.3.